The van der Waals surface area contributed by atoms with Crippen LogP contribution < -0.4 is 36.5 Å². The summed E-state index contributed by atoms with van der Waals surface area (Å²) in [7, 11) is 5.01. The minimum atomic E-state index is -0.480. The number of likely N-dealkylation sites (N-methyl/N-ethyl adjacent to an activating group) is 1. The van der Waals surface area contributed by atoms with Crippen LogP contribution in [0.5, 0.6) is 5.75 Å². The van der Waals surface area contributed by atoms with E-state index in [1.54, 1.807) is 24.0 Å². The van der Waals surface area contributed by atoms with Crippen LogP contribution in [0.15, 0.2) is 53.5 Å². The number of halogens is 1. The number of para-hydroxylation sites is 1. The first-order valence-electron chi connectivity index (χ1n) is 16.7. The van der Waals surface area contributed by atoms with Gasteiger partial charge in [-0.15, -0.1) is 0 Å². The molecule has 3 amide bonds. The highest BCUT2D eigenvalue weighted by Gasteiger charge is 2.32. The van der Waals surface area contributed by atoms with Gasteiger partial charge in [-0.25, -0.2) is 4.98 Å². The van der Waals surface area contributed by atoms with Gasteiger partial charge in [0.05, 0.1) is 34.5 Å². The maximum atomic E-state index is 12.8. The summed E-state index contributed by atoms with van der Waals surface area (Å²) in [5.41, 5.74) is 3.47. The van der Waals surface area contributed by atoms with Crippen molar-refractivity contribution in [2.75, 3.05) is 42.3 Å². The molecule has 0 aliphatic carbocycles. The summed E-state index contributed by atoms with van der Waals surface area (Å²) in [5, 5.41) is 18.5. The van der Waals surface area contributed by atoms with Gasteiger partial charge in [-0.1, -0.05) is 23.7 Å². The van der Waals surface area contributed by atoms with Crippen LogP contribution in [-0.2, 0) is 28.5 Å². The lowest BCUT2D eigenvalue weighted by Crippen LogP contribution is -2.39. The van der Waals surface area contributed by atoms with Crippen molar-refractivity contribution in [3.05, 3.63) is 69.7 Å². The van der Waals surface area contributed by atoms with E-state index in [4.69, 9.17) is 26.4 Å². The molecule has 16 heteroatoms. The summed E-state index contributed by atoms with van der Waals surface area (Å²) in [4.78, 5) is 60.4. The third-order valence-electron chi connectivity index (χ3n) is 9.45. The number of nitrogens with one attached hydrogen (secondary N) is 4. The summed E-state index contributed by atoms with van der Waals surface area (Å²) in [6.07, 6.45) is 4.19. The Hall–Kier alpha value is -5.70. The monoisotopic (exact) mass is 712 g/mol. The third kappa shape index (κ3) is 6.64. The quantitative estimate of drug-likeness (QED) is 0.156. The van der Waals surface area contributed by atoms with E-state index >= 15 is 0 Å². The predicted molar refractivity (Wildman–Crippen MR) is 194 cm³/mol. The number of pyridine rings is 1. The highest BCUT2D eigenvalue weighted by molar-refractivity contribution is 6.33. The van der Waals surface area contributed by atoms with E-state index in [0.717, 1.165) is 41.4 Å². The maximum absolute atomic E-state index is 12.8. The van der Waals surface area contributed by atoms with Gasteiger partial charge in [-0.05, 0) is 49.6 Å². The molecule has 15 nitrogen and oxygen atoms in total. The van der Waals surface area contributed by atoms with Crippen LogP contribution in [0.25, 0.3) is 21.8 Å². The first kappa shape index (κ1) is 33.8. The number of ether oxygens (including phenoxy) is 1. The Morgan fingerprint density at radius 1 is 1.12 bits per heavy atom. The fourth-order valence-corrected chi connectivity index (χ4v) is 6.97. The second-order valence-electron chi connectivity index (χ2n) is 12.7. The minimum Gasteiger partial charge on any atom is -0.478 e. The van der Waals surface area contributed by atoms with Crippen molar-refractivity contribution in [2.24, 2.45) is 14.1 Å². The van der Waals surface area contributed by atoms with E-state index in [0.29, 0.717) is 46.7 Å². The molecule has 2 saturated heterocycles. The zero-order valence-corrected chi connectivity index (χ0v) is 29.1. The van der Waals surface area contributed by atoms with Crippen molar-refractivity contribution in [2.45, 2.75) is 37.6 Å². The number of rotatable bonds is 10. The summed E-state index contributed by atoms with van der Waals surface area (Å²) < 4.78 is 8.76. The summed E-state index contributed by atoms with van der Waals surface area (Å²) in [5.74, 6) is -0.350. The second kappa shape index (κ2) is 13.9. The molecular formula is C35H37ClN10O5. The van der Waals surface area contributed by atoms with Gasteiger partial charge < -0.3 is 30.2 Å². The molecule has 0 spiro atoms. The van der Waals surface area contributed by atoms with Gasteiger partial charge in [0.1, 0.15) is 5.02 Å². The molecule has 2 aromatic carbocycles. The van der Waals surface area contributed by atoms with Gasteiger partial charge in [0, 0.05) is 63.2 Å². The van der Waals surface area contributed by atoms with Crippen molar-refractivity contribution in [3.63, 3.8) is 0 Å². The van der Waals surface area contributed by atoms with Crippen molar-refractivity contribution >= 4 is 74.3 Å². The van der Waals surface area contributed by atoms with Crippen LogP contribution in [0.2, 0.25) is 5.02 Å². The molecule has 0 bridgehead atoms. The number of nitrogens with zero attached hydrogens (tertiary/aromatic N) is 6. The topological polar surface area (TPSA) is 177 Å². The number of piperidine rings is 1. The summed E-state index contributed by atoms with van der Waals surface area (Å²) >= 11 is 6.58. The zero-order valence-electron chi connectivity index (χ0n) is 28.3. The van der Waals surface area contributed by atoms with Crippen LogP contribution in [0.1, 0.15) is 37.3 Å². The van der Waals surface area contributed by atoms with E-state index in [2.05, 4.69) is 31.2 Å². The summed E-state index contributed by atoms with van der Waals surface area (Å²) in [6, 6.07) is 13.1. The fourth-order valence-electron chi connectivity index (χ4n) is 6.83. The van der Waals surface area contributed by atoms with Crippen LogP contribution in [0.3, 0.4) is 0 Å². The molecule has 5 heterocycles. The van der Waals surface area contributed by atoms with E-state index in [1.807, 2.05) is 43.4 Å². The SMILES string of the molecule is CNC(=O)COc1cc2cc(Nc3nc(N4CCC[C@@H]4CNc4cccc5c(C6CCC(=O)NC6=O)nn(C)c45)ncc3Cl)ccc2n(C)c1=O. The van der Waals surface area contributed by atoms with Crippen molar-refractivity contribution in [1.29, 1.82) is 0 Å². The number of anilines is 4. The molecule has 5 aromatic rings. The molecule has 7 rings (SSSR count). The fraction of sp³-hybridized carbons (Fsp3) is 0.343. The zero-order chi connectivity index (χ0) is 35.8. The second-order valence-corrected chi connectivity index (χ2v) is 13.1. The smallest absolute Gasteiger partial charge is 0.293 e. The highest BCUT2D eigenvalue weighted by atomic mass is 35.5. The number of benzene rings is 2. The lowest BCUT2D eigenvalue weighted by atomic mass is 9.92. The Bertz CT molecular complexity index is 2250. The van der Waals surface area contributed by atoms with Crippen LogP contribution in [0.4, 0.5) is 23.1 Å². The lowest BCUT2D eigenvalue weighted by molar-refractivity contribution is -0.134. The van der Waals surface area contributed by atoms with Gasteiger partial charge in [-0.2, -0.15) is 10.1 Å². The standard InChI is InChI=1S/C35H37ClN10O5/c1-37-29(48)18-51-27-15-19-14-20(9-11-26(19)44(2)34(27)50)40-32-24(36)17-39-35(42-32)46-13-5-6-21(46)16-38-25-8-4-7-22-30(43-45(3)31(22)25)23-10-12-28(47)41-33(23)49/h4,7-9,11,14-15,17,21,23,38H,5-6,10,12-13,16,18H2,1-3H3,(H,37,48)(H,39,40,42)(H,41,47,49)/t21-,23?/m1/s1. The number of hydrogen-bond donors (Lipinski definition) is 4. The van der Waals surface area contributed by atoms with Gasteiger partial charge >= 0.3 is 0 Å². The van der Waals surface area contributed by atoms with Crippen molar-refractivity contribution in [3.8, 4) is 5.75 Å². The Kier molecular flexibility index (Phi) is 9.21. The average Bonchev–Trinajstić information content (AvgIpc) is 3.73. The molecule has 3 aromatic heterocycles. The molecule has 51 heavy (non-hydrogen) atoms. The molecule has 2 aliphatic heterocycles. The van der Waals surface area contributed by atoms with Gasteiger partial charge in [0.15, 0.2) is 18.2 Å². The predicted octanol–water partition coefficient (Wildman–Crippen LogP) is 3.34. The molecule has 0 saturated carbocycles. The number of fused-ring (bicyclic) bond motifs is 2. The Morgan fingerprint density at radius 2 is 1.96 bits per heavy atom. The minimum absolute atomic E-state index is 0.0659. The lowest BCUT2D eigenvalue weighted by Gasteiger charge is -2.26. The van der Waals surface area contributed by atoms with Crippen LogP contribution in [-0.4, -0.2) is 74.8 Å². The van der Waals surface area contributed by atoms with Gasteiger partial charge in [0.25, 0.3) is 11.5 Å². The number of aryl methyl sites for hydroxylation is 2. The van der Waals surface area contributed by atoms with Crippen LogP contribution in [0, 0.1) is 0 Å². The maximum Gasteiger partial charge on any atom is 0.293 e. The van der Waals surface area contributed by atoms with E-state index < -0.39 is 5.92 Å². The van der Waals surface area contributed by atoms with Gasteiger partial charge in [0.2, 0.25) is 17.8 Å². The third-order valence-corrected chi connectivity index (χ3v) is 9.72. The molecule has 4 N–H and O–H groups in total. The largest absolute Gasteiger partial charge is 0.478 e. The summed E-state index contributed by atoms with van der Waals surface area (Å²) in [6.45, 7) is 1.11. The first-order valence-corrected chi connectivity index (χ1v) is 17.1. The Balaban J connectivity index is 1.09. The molecule has 2 fully saturated rings. The molecular weight excluding hydrogens is 676 g/mol. The van der Waals surface area contributed by atoms with Crippen molar-refractivity contribution < 1.29 is 19.1 Å². The van der Waals surface area contributed by atoms with Crippen molar-refractivity contribution in [1.82, 2.24) is 34.9 Å². The first-order chi connectivity index (χ1) is 24.6. The molecule has 1 unspecified atom stereocenters. The number of aromatic nitrogens is 5. The van der Waals surface area contributed by atoms with Gasteiger partial charge in [-0.3, -0.25) is 29.2 Å². The highest BCUT2D eigenvalue weighted by Crippen LogP contribution is 2.34. The number of hydrogen-bond acceptors (Lipinski definition) is 11. The Morgan fingerprint density at radius 3 is 2.76 bits per heavy atom. The average molecular weight is 713 g/mol. The number of carbonyl (C=O) groups excluding carboxylic acids is 3. The van der Waals surface area contributed by atoms with Crippen LogP contribution >= 0.6 is 11.6 Å². The van der Waals surface area contributed by atoms with E-state index in [9.17, 15) is 19.2 Å². The molecule has 2 atom stereocenters. The number of imide groups is 1. The van der Waals surface area contributed by atoms with E-state index in [-0.39, 0.29) is 48.1 Å². The van der Waals surface area contributed by atoms with E-state index in [1.165, 1.54) is 11.6 Å². The number of carbonyl (C=O) groups is 3. The normalized spacial score (nSPS) is 17.5. The Labute approximate surface area is 297 Å². The molecule has 264 valence electrons. The number of amides is 3. The molecule has 2 aliphatic rings. The molecule has 0 radical (unpaired) electrons.